The van der Waals surface area contributed by atoms with E-state index < -0.39 is 15.1 Å². The quantitative estimate of drug-likeness (QED) is 0.759. The first kappa shape index (κ1) is 19.7. The van der Waals surface area contributed by atoms with Crippen LogP contribution in [0.15, 0.2) is 40.6 Å². The third-order valence-corrected chi connectivity index (χ3v) is 7.37. The fourth-order valence-electron chi connectivity index (χ4n) is 2.85. The second kappa shape index (κ2) is 8.31. The monoisotopic (exact) mass is 409 g/mol. The molecule has 3 rings (SSSR count). The number of fused-ring (bicyclic) bond motifs is 1. The molecule has 1 aliphatic rings. The van der Waals surface area contributed by atoms with E-state index >= 15 is 0 Å². The van der Waals surface area contributed by atoms with Crippen LogP contribution in [0.5, 0.6) is 11.5 Å². The Labute approximate surface area is 163 Å². The smallest absolute Gasteiger partial charge is 0.220 e. The van der Waals surface area contributed by atoms with Crippen LogP contribution in [-0.2, 0) is 14.6 Å². The molecule has 2 aromatic rings. The standard InChI is InChI=1S/C19H23NO5S2/c1-13(2)10-19(21)20-12-18(17-4-3-9-26-17)27(22,23)14-5-6-15-16(11-14)25-8-7-24-15/h3-6,9,11,13,18H,7-8,10,12H2,1-2H3,(H,20,21)/t18-/m0/s1. The fraction of sp³-hybridized carbons (Fsp3) is 0.421. The molecule has 0 unspecified atom stereocenters. The van der Waals surface area contributed by atoms with E-state index in [1.165, 1.54) is 23.5 Å². The predicted molar refractivity (Wildman–Crippen MR) is 104 cm³/mol. The maximum Gasteiger partial charge on any atom is 0.220 e. The zero-order chi connectivity index (χ0) is 19.4. The number of nitrogens with one attached hydrogen (secondary N) is 1. The summed E-state index contributed by atoms with van der Waals surface area (Å²) in [7, 11) is -3.72. The lowest BCUT2D eigenvalue weighted by Crippen LogP contribution is -2.32. The summed E-state index contributed by atoms with van der Waals surface area (Å²) in [5.41, 5.74) is 0. The van der Waals surface area contributed by atoms with Crippen molar-refractivity contribution in [2.24, 2.45) is 5.92 Å². The molecule has 1 atom stereocenters. The van der Waals surface area contributed by atoms with Gasteiger partial charge < -0.3 is 14.8 Å². The molecule has 0 saturated carbocycles. The second-order valence-corrected chi connectivity index (χ2v) is 9.87. The van der Waals surface area contributed by atoms with Gasteiger partial charge in [-0.25, -0.2) is 8.42 Å². The van der Waals surface area contributed by atoms with Crippen molar-refractivity contribution in [2.75, 3.05) is 19.8 Å². The van der Waals surface area contributed by atoms with Crippen LogP contribution in [0.3, 0.4) is 0 Å². The zero-order valence-electron chi connectivity index (χ0n) is 15.3. The molecule has 1 aromatic carbocycles. The van der Waals surface area contributed by atoms with E-state index in [-0.39, 0.29) is 23.3 Å². The number of amides is 1. The van der Waals surface area contributed by atoms with Crippen LogP contribution in [-0.4, -0.2) is 34.1 Å². The Bertz CT molecular complexity index is 891. The van der Waals surface area contributed by atoms with Crippen LogP contribution in [0.25, 0.3) is 0 Å². The number of benzene rings is 1. The van der Waals surface area contributed by atoms with Crippen molar-refractivity contribution in [1.82, 2.24) is 5.32 Å². The molecule has 27 heavy (non-hydrogen) atoms. The number of rotatable bonds is 7. The lowest BCUT2D eigenvalue weighted by atomic mass is 10.1. The van der Waals surface area contributed by atoms with Gasteiger partial charge in [-0.1, -0.05) is 19.9 Å². The third-order valence-electron chi connectivity index (χ3n) is 4.16. The highest BCUT2D eigenvalue weighted by molar-refractivity contribution is 7.91. The molecule has 1 N–H and O–H groups in total. The van der Waals surface area contributed by atoms with Crippen molar-refractivity contribution in [3.05, 3.63) is 40.6 Å². The molecule has 0 aliphatic carbocycles. The van der Waals surface area contributed by atoms with Crippen LogP contribution >= 0.6 is 11.3 Å². The number of hydrogen-bond donors (Lipinski definition) is 1. The van der Waals surface area contributed by atoms with Crippen molar-refractivity contribution in [1.29, 1.82) is 0 Å². The third kappa shape index (κ3) is 4.62. The Hall–Kier alpha value is -2.06. The molecular formula is C19H23NO5S2. The number of hydrogen-bond acceptors (Lipinski definition) is 6. The van der Waals surface area contributed by atoms with Crippen LogP contribution in [0.1, 0.15) is 30.4 Å². The molecule has 1 aliphatic heterocycles. The summed E-state index contributed by atoms with van der Waals surface area (Å²) in [4.78, 5) is 12.9. The van der Waals surface area contributed by atoms with Crippen molar-refractivity contribution >= 4 is 27.1 Å². The summed E-state index contributed by atoms with van der Waals surface area (Å²) < 4.78 is 37.6. The highest BCUT2D eigenvalue weighted by atomic mass is 32.2. The van der Waals surface area contributed by atoms with Gasteiger partial charge in [0.1, 0.15) is 18.5 Å². The van der Waals surface area contributed by atoms with Crippen molar-refractivity contribution in [3.8, 4) is 11.5 Å². The van der Waals surface area contributed by atoms with Crippen molar-refractivity contribution < 1.29 is 22.7 Å². The molecule has 0 saturated heterocycles. The maximum atomic E-state index is 13.3. The minimum absolute atomic E-state index is 0.0306. The predicted octanol–water partition coefficient (Wildman–Crippen LogP) is 3.20. The lowest BCUT2D eigenvalue weighted by molar-refractivity contribution is -0.121. The van der Waals surface area contributed by atoms with E-state index in [0.29, 0.717) is 36.0 Å². The van der Waals surface area contributed by atoms with Crippen LogP contribution in [0, 0.1) is 5.92 Å². The Morgan fingerprint density at radius 2 is 1.93 bits per heavy atom. The summed E-state index contributed by atoms with van der Waals surface area (Å²) >= 11 is 1.36. The maximum absolute atomic E-state index is 13.3. The molecule has 0 radical (unpaired) electrons. The number of carbonyl (C=O) groups is 1. The number of thiophene rings is 1. The molecule has 146 valence electrons. The van der Waals surface area contributed by atoms with Crippen molar-refractivity contribution in [3.63, 3.8) is 0 Å². The Morgan fingerprint density at radius 1 is 1.19 bits per heavy atom. The van der Waals surface area contributed by atoms with E-state index in [9.17, 15) is 13.2 Å². The second-order valence-electron chi connectivity index (χ2n) is 6.76. The summed E-state index contributed by atoms with van der Waals surface area (Å²) in [6.45, 7) is 4.75. The molecule has 0 fully saturated rings. The summed E-state index contributed by atoms with van der Waals surface area (Å²) in [5.74, 6) is 1.03. The molecule has 1 amide bonds. The first-order valence-electron chi connectivity index (χ1n) is 8.81. The largest absolute Gasteiger partial charge is 0.486 e. The molecule has 6 nitrogen and oxygen atoms in total. The van der Waals surface area contributed by atoms with E-state index in [1.807, 2.05) is 25.3 Å². The Kier molecular flexibility index (Phi) is 6.06. The van der Waals surface area contributed by atoms with Gasteiger partial charge in [0.15, 0.2) is 21.3 Å². The minimum atomic E-state index is -3.72. The molecule has 0 bridgehead atoms. The Balaban J connectivity index is 1.87. The number of ether oxygens (including phenoxy) is 2. The molecular weight excluding hydrogens is 386 g/mol. The van der Waals surface area contributed by atoms with Crippen molar-refractivity contribution in [2.45, 2.75) is 30.4 Å². The van der Waals surface area contributed by atoms with Gasteiger partial charge in [-0.3, -0.25) is 4.79 Å². The van der Waals surface area contributed by atoms with Gasteiger partial charge in [0, 0.05) is 23.9 Å². The Morgan fingerprint density at radius 3 is 2.59 bits per heavy atom. The topological polar surface area (TPSA) is 81.7 Å². The molecule has 0 spiro atoms. The summed E-state index contributed by atoms with van der Waals surface area (Å²) in [6, 6.07) is 8.23. The summed E-state index contributed by atoms with van der Waals surface area (Å²) in [5, 5.41) is 3.75. The van der Waals surface area contributed by atoms with Crippen LogP contribution < -0.4 is 14.8 Å². The highest BCUT2D eigenvalue weighted by Gasteiger charge is 2.31. The van der Waals surface area contributed by atoms with E-state index in [2.05, 4.69) is 5.32 Å². The molecule has 1 aromatic heterocycles. The lowest BCUT2D eigenvalue weighted by Gasteiger charge is -2.21. The van der Waals surface area contributed by atoms with Gasteiger partial charge in [-0.15, -0.1) is 11.3 Å². The van der Waals surface area contributed by atoms with Gasteiger partial charge in [0.25, 0.3) is 0 Å². The fourth-order valence-corrected chi connectivity index (χ4v) is 5.65. The van der Waals surface area contributed by atoms with Gasteiger partial charge in [-0.2, -0.15) is 0 Å². The first-order valence-corrected chi connectivity index (χ1v) is 11.2. The SMILES string of the molecule is CC(C)CC(=O)NC[C@@H](c1cccs1)S(=O)(=O)c1ccc2c(c1)OCCO2. The summed E-state index contributed by atoms with van der Waals surface area (Å²) in [6.07, 6.45) is 0.362. The van der Waals surface area contributed by atoms with E-state index in [1.54, 1.807) is 12.1 Å². The highest BCUT2D eigenvalue weighted by Crippen LogP contribution is 2.37. The average molecular weight is 410 g/mol. The molecule has 2 heterocycles. The number of sulfone groups is 1. The van der Waals surface area contributed by atoms with Gasteiger partial charge in [0.2, 0.25) is 5.91 Å². The van der Waals surface area contributed by atoms with Gasteiger partial charge in [0.05, 0.1) is 4.90 Å². The number of carbonyl (C=O) groups excluding carboxylic acids is 1. The minimum Gasteiger partial charge on any atom is -0.486 e. The average Bonchev–Trinajstić information content (AvgIpc) is 3.15. The zero-order valence-corrected chi connectivity index (χ0v) is 16.9. The van der Waals surface area contributed by atoms with Crippen LogP contribution in [0.4, 0.5) is 0 Å². The van der Waals surface area contributed by atoms with Crippen LogP contribution in [0.2, 0.25) is 0 Å². The van der Waals surface area contributed by atoms with Gasteiger partial charge in [-0.05, 0) is 29.5 Å². The van der Waals surface area contributed by atoms with E-state index in [4.69, 9.17) is 9.47 Å². The first-order chi connectivity index (χ1) is 12.9. The molecule has 8 heteroatoms. The van der Waals surface area contributed by atoms with Gasteiger partial charge >= 0.3 is 0 Å². The van der Waals surface area contributed by atoms with E-state index in [0.717, 1.165) is 0 Å². The normalized spacial score (nSPS) is 14.8.